The molecule has 0 unspecified atom stereocenters. The number of ketones is 2. The van der Waals surface area contributed by atoms with Crippen LogP contribution in [0.15, 0.2) is 81.3 Å². The smallest absolute Gasteiger partial charge is 0.173 e. The highest BCUT2D eigenvalue weighted by Gasteiger charge is 2.14. The van der Waals surface area contributed by atoms with Gasteiger partial charge >= 0.3 is 0 Å². The summed E-state index contributed by atoms with van der Waals surface area (Å²) in [7, 11) is 0. The van der Waals surface area contributed by atoms with E-state index in [4.69, 9.17) is 0 Å². The number of aromatic nitrogens is 4. The van der Waals surface area contributed by atoms with Crippen LogP contribution in [-0.2, 0) is 0 Å². The predicted octanol–water partition coefficient (Wildman–Crippen LogP) is 7.64. The molecule has 0 amide bonds. The third kappa shape index (κ3) is 8.30. The number of Topliss-reactive ketones (excluding diaryl/α,β-unsaturated/α-hetero) is 2. The Morgan fingerprint density at radius 3 is 1.24 bits per heavy atom. The molecule has 0 aliphatic carbocycles. The molecule has 0 saturated heterocycles. The molecule has 4 aromatic rings. The molecule has 0 saturated carbocycles. The summed E-state index contributed by atoms with van der Waals surface area (Å²) in [6, 6.07) is 8.06. The second-order valence-corrected chi connectivity index (χ2v) is 11.6. The molecule has 0 aliphatic rings. The molecule has 4 rings (SSSR count). The van der Waals surface area contributed by atoms with Crippen LogP contribution in [0.5, 0.6) is 0 Å². The van der Waals surface area contributed by atoms with Crippen LogP contribution in [0.1, 0.15) is 43.0 Å². The first kappa shape index (κ1) is 30.1. The number of hydrogen-bond donors (Lipinski definition) is 0. The first-order chi connectivity index (χ1) is 18.2. The van der Waals surface area contributed by atoms with E-state index in [0.717, 1.165) is 53.2 Å². The average Bonchev–Trinajstić information content (AvgIpc) is 2.89. The Balaban J connectivity index is 0.000000211. The van der Waals surface area contributed by atoms with Crippen LogP contribution in [0, 0.1) is 27.7 Å². The molecule has 0 N–H and O–H groups in total. The van der Waals surface area contributed by atoms with Crippen molar-refractivity contribution >= 4 is 67.0 Å². The Kier molecular flexibility index (Phi) is 11.6. The molecule has 2 heterocycles. The number of carbonyl (C=O) groups excluding carboxylic acids is 2. The molecule has 2 aromatic heterocycles. The van der Waals surface area contributed by atoms with Crippen molar-refractivity contribution in [3.05, 3.63) is 94.8 Å². The van der Waals surface area contributed by atoms with Gasteiger partial charge in [-0.05, 0) is 74.2 Å². The summed E-state index contributed by atoms with van der Waals surface area (Å²) >= 11 is 9.53. The summed E-state index contributed by atoms with van der Waals surface area (Å²) < 4.78 is 0. The maximum atomic E-state index is 11.8. The molecule has 6 nitrogen and oxygen atoms in total. The number of hydrogen-bond acceptors (Lipinski definition) is 8. The maximum Gasteiger partial charge on any atom is 0.173 e. The van der Waals surface area contributed by atoms with Crippen LogP contribution in [0.3, 0.4) is 0 Å². The van der Waals surface area contributed by atoms with Crippen molar-refractivity contribution in [2.45, 2.75) is 47.5 Å². The Labute approximate surface area is 248 Å². The second kappa shape index (κ2) is 14.7. The topological polar surface area (TPSA) is 85.7 Å². The lowest BCUT2D eigenvalue weighted by Crippen LogP contribution is -2.05. The van der Waals surface area contributed by atoms with E-state index in [9.17, 15) is 9.59 Å². The van der Waals surface area contributed by atoms with Gasteiger partial charge in [-0.1, -0.05) is 55.4 Å². The monoisotopic (exact) mass is 672 g/mol. The molecule has 2 aromatic carbocycles. The first-order valence-electron chi connectivity index (χ1n) is 11.5. The minimum atomic E-state index is 0.117. The van der Waals surface area contributed by atoms with Crippen LogP contribution >= 0.6 is 55.4 Å². The van der Waals surface area contributed by atoms with E-state index < -0.39 is 0 Å². The molecule has 0 radical (unpaired) electrons. The van der Waals surface area contributed by atoms with Crippen molar-refractivity contribution in [2.75, 3.05) is 10.7 Å². The minimum Gasteiger partial charge on any atom is -0.293 e. The fourth-order valence-electron chi connectivity index (χ4n) is 3.90. The first-order valence-corrected chi connectivity index (χ1v) is 15.4. The maximum absolute atomic E-state index is 11.8. The number of rotatable bonds is 8. The molecule has 196 valence electrons. The lowest BCUT2D eigenvalue weighted by molar-refractivity contribution is 0.101. The molecule has 10 heteroatoms. The minimum absolute atomic E-state index is 0.117. The van der Waals surface area contributed by atoms with E-state index in [-0.39, 0.29) is 11.6 Å². The standard InChI is InChI=1S/2C14H13BrN2OS/c2*1-9-5-11(19-13-8-16-3-4-17-13)6-10(2)14(9)12(18)7-15/h2*3-6,8H,7H2,1-2H3. The molecule has 38 heavy (non-hydrogen) atoms. The van der Waals surface area contributed by atoms with Gasteiger partial charge in [-0.15, -0.1) is 0 Å². The van der Waals surface area contributed by atoms with Gasteiger partial charge in [0.1, 0.15) is 10.1 Å². The summed E-state index contributed by atoms with van der Waals surface area (Å²) in [5.41, 5.74) is 5.60. The van der Waals surface area contributed by atoms with E-state index >= 15 is 0 Å². The SMILES string of the molecule is Cc1cc(Sc2cnccn2)cc(C)c1C(=O)CBr.Cc1cc(Sc2cnccn2)cc(C)c1C(=O)CBr. The molecule has 0 spiro atoms. The van der Waals surface area contributed by atoms with Crippen molar-refractivity contribution < 1.29 is 9.59 Å². The van der Waals surface area contributed by atoms with Crippen molar-refractivity contribution in [1.82, 2.24) is 19.9 Å². The molecule has 0 aliphatic heterocycles. The van der Waals surface area contributed by atoms with Gasteiger partial charge in [0, 0.05) is 45.7 Å². The van der Waals surface area contributed by atoms with Crippen LogP contribution in [0.2, 0.25) is 0 Å². The van der Waals surface area contributed by atoms with Gasteiger partial charge in [0.15, 0.2) is 11.6 Å². The zero-order valence-electron chi connectivity index (χ0n) is 21.4. The van der Waals surface area contributed by atoms with Gasteiger partial charge in [0.2, 0.25) is 0 Å². The summed E-state index contributed by atoms with van der Waals surface area (Å²) in [5.74, 6) is 0.233. The zero-order valence-corrected chi connectivity index (χ0v) is 26.2. The summed E-state index contributed by atoms with van der Waals surface area (Å²) in [5, 5.41) is 2.40. The lowest BCUT2D eigenvalue weighted by atomic mass is 10.00. The average molecular weight is 674 g/mol. The molecule has 0 atom stereocenters. The van der Waals surface area contributed by atoms with Crippen molar-refractivity contribution in [3.63, 3.8) is 0 Å². The Hall–Kier alpha value is -2.40. The van der Waals surface area contributed by atoms with Crippen LogP contribution in [-0.4, -0.2) is 42.2 Å². The number of aryl methyl sites for hydroxylation is 4. The molecular formula is C28H26Br2N4O2S2. The van der Waals surface area contributed by atoms with Gasteiger partial charge in [-0.25, -0.2) is 9.97 Å². The highest BCUT2D eigenvalue weighted by Crippen LogP contribution is 2.30. The van der Waals surface area contributed by atoms with Gasteiger partial charge in [0.05, 0.1) is 23.1 Å². The third-order valence-corrected chi connectivity index (χ3v) is 8.14. The van der Waals surface area contributed by atoms with Gasteiger partial charge in [0.25, 0.3) is 0 Å². The van der Waals surface area contributed by atoms with Crippen LogP contribution in [0.25, 0.3) is 0 Å². The van der Waals surface area contributed by atoms with Crippen LogP contribution in [0.4, 0.5) is 0 Å². The van der Waals surface area contributed by atoms with E-state index in [0.29, 0.717) is 10.7 Å². The van der Waals surface area contributed by atoms with E-state index in [1.54, 1.807) is 60.7 Å². The molecule has 0 fully saturated rings. The number of alkyl halides is 2. The number of benzene rings is 2. The highest BCUT2D eigenvalue weighted by molar-refractivity contribution is 9.09. The lowest BCUT2D eigenvalue weighted by Gasteiger charge is -2.10. The third-order valence-electron chi connectivity index (χ3n) is 5.34. The predicted molar refractivity (Wildman–Crippen MR) is 160 cm³/mol. The Morgan fingerprint density at radius 2 is 0.974 bits per heavy atom. The fraction of sp³-hybridized carbons (Fsp3) is 0.214. The zero-order chi connectivity index (χ0) is 27.7. The number of nitrogens with zero attached hydrogens (tertiary/aromatic N) is 4. The summed E-state index contributed by atoms with van der Waals surface area (Å²) in [4.78, 5) is 42.4. The quantitative estimate of drug-likeness (QED) is 0.139. The van der Waals surface area contributed by atoms with Crippen molar-refractivity contribution in [3.8, 4) is 0 Å². The van der Waals surface area contributed by atoms with Crippen molar-refractivity contribution in [2.24, 2.45) is 0 Å². The van der Waals surface area contributed by atoms with Crippen molar-refractivity contribution in [1.29, 1.82) is 0 Å². The molecule has 0 bridgehead atoms. The fourth-order valence-corrected chi connectivity index (χ4v) is 6.34. The van der Waals surface area contributed by atoms with E-state index in [2.05, 4.69) is 51.8 Å². The molecular weight excluding hydrogens is 648 g/mol. The Morgan fingerprint density at radius 1 is 0.632 bits per heavy atom. The normalized spacial score (nSPS) is 10.5. The van der Waals surface area contributed by atoms with Gasteiger partial charge < -0.3 is 0 Å². The van der Waals surface area contributed by atoms with Crippen LogP contribution < -0.4 is 0 Å². The largest absolute Gasteiger partial charge is 0.293 e. The van der Waals surface area contributed by atoms with E-state index in [1.165, 1.54) is 0 Å². The summed E-state index contributed by atoms with van der Waals surface area (Å²) in [6.07, 6.45) is 10.1. The highest BCUT2D eigenvalue weighted by atomic mass is 79.9. The second-order valence-electron chi connectivity index (χ2n) is 8.27. The summed E-state index contributed by atoms with van der Waals surface area (Å²) in [6.45, 7) is 7.85. The number of halogens is 2. The van der Waals surface area contributed by atoms with E-state index in [1.807, 2.05) is 52.0 Å². The Bertz CT molecular complexity index is 1270. The van der Waals surface area contributed by atoms with Gasteiger partial charge in [-0.3, -0.25) is 19.6 Å². The van der Waals surface area contributed by atoms with Gasteiger partial charge in [-0.2, -0.15) is 0 Å². The number of carbonyl (C=O) groups is 2.